The summed E-state index contributed by atoms with van der Waals surface area (Å²) < 4.78 is 42.1. The largest absolute Gasteiger partial charge is 0.390 e. The highest BCUT2D eigenvalue weighted by atomic mass is 127. The van der Waals surface area contributed by atoms with E-state index in [1.807, 2.05) is 6.92 Å². The topological polar surface area (TPSA) is 45.6 Å². The molecular weight excluding hydrogens is 422 g/mol. The average Bonchev–Trinajstić information content (AvgIpc) is 2.97. The van der Waals surface area contributed by atoms with Crippen molar-refractivity contribution in [2.45, 2.75) is 57.7 Å². The first kappa shape index (κ1) is 22.8. The van der Waals surface area contributed by atoms with Gasteiger partial charge in [0.15, 0.2) is 5.96 Å². The second-order valence-electron chi connectivity index (χ2n) is 5.62. The third-order valence-electron chi connectivity index (χ3n) is 3.95. The second-order valence-corrected chi connectivity index (χ2v) is 5.62. The van der Waals surface area contributed by atoms with Gasteiger partial charge in [0.1, 0.15) is 0 Å². The van der Waals surface area contributed by atoms with Crippen LogP contribution in [0.4, 0.5) is 13.2 Å². The molecule has 2 N–H and O–H groups in total. The van der Waals surface area contributed by atoms with Crippen molar-refractivity contribution in [2.75, 3.05) is 26.7 Å². The molecule has 0 aliphatic heterocycles. The van der Waals surface area contributed by atoms with E-state index in [4.69, 9.17) is 4.74 Å². The Kier molecular flexibility index (Phi) is 12.0. The zero-order valence-electron chi connectivity index (χ0n) is 13.9. The molecule has 1 atom stereocenters. The van der Waals surface area contributed by atoms with Gasteiger partial charge < -0.3 is 15.4 Å². The maximum absolute atomic E-state index is 12.1. The fourth-order valence-electron chi connectivity index (χ4n) is 2.87. The van der Waals surface area contributed by atoms with Gasteiger partial charge >= 0.3 is 6.18 Å². The minimum atomic E-state index is -4.14. The van der Waals surface area contributed by atoms with E-state index >= 15 is 0 Å². The molecule has 0 aromatic heterocycles. The number of nitrogens with one attached hydrogen (secondary N) is 2. The van der Waals surface area contributed by atoms with Crippen molar-refractivity contribution in [2.24, 2.45) is 10.9 Å². The Labute approximate surface area is 154 Å². The van der Waals surface area contributed by atoms with Gasteiger partial charge in [0, 0.05) is 26.7 Å². The lowest BCUT2D eigenvalue weighted by Crippen LogP contribution is -2.40. The Balaban J connectivity index is 0.00000484. The highest BCUT2D eigenvalue weighted by Gasteiger charge is 2.27. The van der Waals surface area contributed by atoms with Crippen LogP contribution in [0.3, 0.4) is 0 Å². The van der Waals surface area contributed by atoms with Gasteiger partial charge in [-0.2, -0.15) is 13.2 Å². The molecule has 1 aliphatic carbocycles. The summed E-state index contributed by atoms with van der Waals surface area (Å²) in [5, 5.41) is 5.74. The van der Waals surface area contributed by atoms with Crippen LogP contribution in [-0.2, 0) is 4.74 Å². The molecule has 0 heterocycles. The van der Waals surface area contributed by atoms with Crippen molar-refractivity contribution in [1.82, 2.24) is 10.6 Å². The van der Waals surface area contributed by atoms with Crippen molar-refractivity contribution >= 4 is 29.9 Å². The molecule has 1 rings (SSSR count). The Hall–Kier alpha value is -0.250. The van der Waals surface area contributed by atoms with Crippen molar-refractivity contribution < 1.29 is 17.9 Å². The van der Waals surface area contributed by atoms with Crippen LogP contribution in [0.5, 0.6) is 0 Å². The Morgan fingerprint density at radius 1 is 1.22 bits per heavy atom. The molecule has 8 heteroatoms. The molecule has 1 fully saturated rings. The summed E-state index contributed by atoms with van der Waals surface area (Å²) in [6.07, 6.45) is 1.02. The molecule has 4 nitrogen and oxygen atoms in total. The maximum Gasteiger partial charge on any atom is 0.390 e. The molecule has 0 aromatic rings. The maximum atomic E-state index is 12.1. The van der Waals surface area contributed by atoms with Crippen molar-refractivity contribution in [3.8, 4) is 0 Å². The molecule has 0 saturated heterocycles. The van der Waals surface area contributed by atoms with Crippen LogP contribution >= 0.6 is 24.0 Å². The quantitative estimate of drug-likeness (QED) is 0.336. The summed E-state index contributed by atoms with van der Waals surface area (Å²) >= 11 is 0. The normalized spacial score (nSPS) is 17.7. The van der Waals surface area contributed by atoms with Gasteiger partial charge in [-0.25, -0.2) is 0 Å². The summed E-state index contributed by atoms with van der Waals surface area (Å²) in [7, 11) is 1.56. The fraction of sp³-hybridized carbons (Fsp3) is 0.933. The molecule has 0 radical (unpaired) electrons. The number of ether oxygens (including phenoxy) is 1. The molecule has 1 unspecified atom stereocenters. The van der Waals surface area contributed by atoms with Gasteiger partial charge in [0.25, 0.3) is 0 Å². The third-order valence-corrected chi connectivity index (χ3v) is 3.95. The lowest BCUT2D eigenvalue weighted by molar-refractivity contribution is -0.132. The first-order valence-electron chi connectivity index (χ1n) is 8.09. The summed E-state index contributed by atoms with van der Waals surface area (Å²) in [6.45, 7) is 3.17. The van der Waals surface area contributed by atoms with Crippen molar-refractivity contribution in [1.29, 1.82) is 0 Å². The Morgan fingerprint density at radius 2 is 1.83 bits per heavy atom. The van der Waals surface area contributed by atoms with E-state index in [-0.39, 0.29) is 36.6 Å². The number of alkyl halides is 3. The van der Waals surface area contributed by atoms with Gasteiger partial charge in [-0.15, -0.1) is 24.0 Å². The molecule has 23 heavy (non-hydrogen) atoms. The van der Waals surface area contributed by atoms with E-state index in [1.165, 1.54) is 25.7 Å². The van der Waals surface area contributed by atoms with E-state index in [0.29, 0.717) is 25.0 Å². The first-order valence-corrected chi connectivity index (χ1v) is 8.09. The molecular formula is C15H29F3IN3O. The lowest BCUT2D eigenvalue weighted by atomic mass is 9.98. The summed E-state index contributed by atoms with van der Waals surface area (Å²) in [5.41, 5.74) is 0. The van der Waals surface area contributed by atoms with Crippen molar-refractivity contribution in [3.05, 3.63) is 0 Å². The second kappa shape index (κ2) is 12.2. The SMILES string of the molecule is CCOC(CCNC(=NC)NCCC(F)(F)F)C1CCCC1.I. The molecule has 1 saturated carbocycles. The van der Waals surface area contributed by atoms with Crippen LogP contribution in [0, 0.1) is 5.92 Å². The minimum Gasteiger partial charge on any atom is -0.378 e. The monoisotopic (exact) mass is 451 g/mol. The van der Waals surface area contributed by atoms with E-state index in [1.54, 1.807) is 7.05 Å². The highest BCUT2D eigenvalue weighted by Crippen LogP contribution is 2.30. The zero-order valence-corrected chi connectivity index (χ0v) is 16.2. The van der Waals surface area contributed by atoms with Crippen LogP contribution < -0.4 is 10.6 Å². The number of nitrogens with zero attached hydrogens (tertiary/aromatic N) is 1. The molecule has 0 amide bonds. The predicted octanol–water partition coefficient (Wildman–Crippen LogP) is 3.71. The Morgan fingerprint density at radius 3 is 2.35 bits per heavy atom. The molecule has 1 aliphatic rings. The molecule has 0 aromatic carbocycles. The zero-order chi connectivity index (χ0) is 16.4. The van der Waals surface area contributed by atoms with E-state index < -0.39 is 12.6 Å². The molecule has 138 valence electrons. The van der Waals surface area contributed by atoms with E-state index in [2.05, 4.69) is 15.6 Å². The van der Waals surface area contributed by atoms with Gasteiger partial charge in [-0.1, -0.05) is 12.8 Å². The van der Waals surface area contributed by atoms with Gasteiger partial charge in [0.2, 0.25) is 0 Å². The van der Waals surface area contributed by atoms with Crippen molar-refractivity contribution in [3.63, 3.8) is 0 Å². The number of aliphatic imine (C=N–C) groups is 1. The summed E-state index contributed by atoms with van der Waals surface area (Å²) in [4.78, 5) is 3.93. The fourth-order valence-corrected chi connectivity index (χ4v) is 2.87. The summed E-state index contributed by atoms with van der Waals surface area (Å²) in [5.74, 6) is 1.02. The third kappa shape index (κ3) is 10.3. The number of hydrogen-bond acceptors (Lipinski definition) is 2. The first-order chi connectivity index (χ1) is 10.5. The van der Waals surface area contributed by atoms with E-state index in [9.17, 15) is 13.2 Å². The van der Waals surface area contributed by atoms with Gasteiger partial charge in [-0.05, 0) is 32.1 Å². The predicted molar refractivity (Wildman–Crippen MR) is 97.4 cm³/mol. The highest BCUT2D eigenvalue weighted by molar-refractivity contribution is 14.0. The molecule has 0 spiro atoms. The van der Waals surface area contributed by atoms with Crippen LogP contribution in [0.15, 0.2) is 4.99 Å². The minimum absolute atomic E-state index is 0. The average molecular weight is 451 g/mol. The summed E-state index contributed by atoms with van der Waals surface area (Å²) in [6, 6.07) is 0. The number of hydrogen-bond donors (Lipinski definition) is 2. The smallest absolute Gasteiger partial charge is 0.378 e. The lowest BCUT2D eigenvalue weighted by Gasteiger charge is -2.24. The van der Waals surface area contributed by atoms with Crippen LogP contribution in [0.25, 0.3) is 0 Å². The van der Waals surface area contributed by atoms with Crippen LogP contribution in [0.2, 0.25) is 0 Å². The number of rotatable bonds is 8. The standard InChI is InChI=1S/C15H28F3N3O.HI/c1-3-22-13(12-6-4-5-7-12)8-10-20-14(19-2)21-11-9-15(16,17)18;/h12-13H,3-11H2,1-2H3,(H2,19,20,21);1H. The van der Waals surface area contributed by atoms with Gasteiger partial charge in [-0.3, -0.25) is 4.99 Å². The van der Waals surface area contributed by atoms with Gasteiger partial charge in [0.05, 0.1) is 12.5 Å². The Bertz CT molecular complexity index is 334. The van der Waals surface area contributed by atoms with E-state index in [0.717, 1.165) is 6.42 Å². The van der Waals surface area contributed by atoms with Crippen LogP contribution in [0.1, 0.15) is 45.4 Å². The molecule has 0 bridgehead atoms. The number of guanidine groups is 1. The number of halogens is 4. The van der Waals surface area contributed by atoms with Crippen LogP contribution in [-0.4, -0.2) is 45.0 Å².